The van der Waals surface area contributed by atoms with E-state index in [2.05, 4.69) is 15.9 Å². The molecule has 0 unspecified atom stereocenters. The molecule has 0 saturated carbocycles. The first kappa shape index (κ1) is 7.01. The fourth-order valence-electron chi connectivity index (χ4n) is 0.0505. The third-order valence-electron chi connectivity index (χ3n) is 0.322. The first-order chi connectivity index (χ1) is 3.18. The third kappa shape index (κ3) is 2.68. The van der Waals surface area contributed by atoms with Crippen molar-refractivity contribution in [1.82, 2.24) is 0 Å². The van der Waals surface area contributed by atoms with E-state index in [0.29, 0.717) is 0 Å². The summed E-state index contributed by atoms with van der Waals surface area (Å²) in [6.07, 6.45) is 0. The van der Waals surface area contributed by atoms with E-state index >= 15 is 0 Å². The summed E-state index contributed by atoms with van der Waals surface area (Å²) in [6.45, 7) is -1.39. The summed E-state index contributed by atoms with van der Waals surface area (Å²) in [5.41, 5.74) is 0. The van der Waals surface area contributed by atoms with E-state index in [1.54, 1.807) is 0 Å². The van der Waals surface area contributed by atoms with Gasteiger partial charge in [0.25, 0.3) is 0 Å². The molecule has 0 rings (SSSR count). The van der Waals surface area contributed by atoms with Gasteiger partial charge < -0.3 is 0 Å². The Kier molecular flexibility index (Phi) is 3.07. The first-order valence-electron chi connectivity index (χ1n) is 1.44. The topological polar surface area (TPSA) is 0 Å². The highest BCUT2D eigenvalue weighted by molar-refractivity contribution is 9.11. The van der Waals surface area contributed by atoms with E-state index in [0.717, 1.165) is 0 Å². The van der Waals surface area contributed by atoms with Crippen molar-refractivity contribution in [3.8, 4) is 0 Å². The van der Waals surface area contributed by atoms with Crippen LogP contribution in [0.2, 0.25) is 0 Å². The van der Waals surface area contributed by atoms with Crippen LogP contribution >= 0.6 is 15.9 Å². The Morgan fingerprint density at radius 1 is 1.43 bits per heavy atom. The molecular weight excluding hydrogens is 173 g/mol. The Hall–Kier alpha value is 0.01000. The molecule has 0 aromatic carbocycles. The summed E-state index contributed by atoms with van der Waals surface area (Å²) in [5.74, 6) is -1.40. The zero-order valence-corrected chi connectivity index (χ0v) is 4.80. The van der Waals surface area contributed by atoms with Crippen LogP contribution in [0.25, 0.3) is 0 Å². The van der Waals surface area contributed by atoms with Gasteiger partial charge >= 0.3 is 0 Å². The maximum absolute atomic E-state index is 11.3. The smallest absolute Gasteiger partial charge is 0.199 e. The second kappa shape index (κ2) is 3.07. The average molecular weight is 175 g/mol. The molecule has 0 aliphatic rings. The summed E-state index contributed by atoms with van der Waals surface area (Å²) in [5, 5.41) is 0. The molecule has 0 radical (unpaired) electrons. The number of alkyl halides is 1. The molecule has 0 aromatic heterocycles. The molecule has 0 nitrogen and oxygen atoms in total. The summed E-state index contributed by atoms with van der Waals surface area (Å²) in [4.78, 5) is 0. The molecule has 0 bridgehead atoms. The Balaban J connectivity index is 3.72. The summed E-state index contributed by atoms with van der Waals surface area (Å²) < 4.78 is 32.3. The van der Waals surface area contributed by atoms with Gasteiger partial charge in [-0.3, -0.25) is 0 Å². The number of rotatable bonds is 1. The number of hydrogen-bond acceptors (Lipinski definition) is 0. The zero-order chi connectivity index (χ0) is 5.86. The van der Waals surface area contributed by atoms with E-state index in [1.807, 2.05) is 0 Å². The molecule has 0 N–H and O–H groups in total. The highest BCUT2D eigenvalue weighted by atomic mass is 79.9. The van der Waals surface area contributed by atoms with Gasteiger partial charge in [0.05, 0.1) is 0 Å². The lowest BCUT2D eigenvalue weighted by Crippen LogP contribution is -1.73. The van der Waals surface area contributed by atoms with Crippen molar-refractivity contribution in [3.63, 3.8) is 0 Å². The summed E-state index contributed by atoms with van der Waals surface area (Å²) >= 11 is 2.10. The number of hydrogen-bond donors (Lipinski definition) is 0. The van der Waals surface area contributed by atoms with Gasteiger partial charge in [-0.2, -0.15) is 4.39 Å². The highest BCUT2D eigenvalue weighted by Crippen LogP contribution is 2.13. The lowest BCUT2D eigenvalue weighted by atomic mass is 10.7. The van der Waals surface area contributed by atoms with E-state index in [-0.39, 0.29) is 0 Å². The van der Waals surface area contributed by atoms with Gasteiger partial charge in [-0.05, 0) is 15.9 Å². The maximum atomic E-state index is 11.3. The SMILES string of the molecule is FC/C(F)=C(/F)Br. The van der Waals surface area contributed by atoms with Crippen LogP contribution < -0.4 is 0 Å². The van der Waals surface area contributed by atoms with Crippen molar-refractivity contribution in [3.05, 3.63) is 10.6 Å². The average Bonchev–Trinajstić information content (AvgIpc) is 1.65. The van der Waals surface area contributed by atoms with E-state index < -0.39 is 17.2 Å². The Labute approximate surface area is 47.1 Å². The minimum Gasteiger partial charge on any atom is -0.243 e. The minimum absolute atomic E-state index is 1.27. The van der Waals surface area contributed by atoms with Gasteiger partial charge in [-0.1, -0.05) is 0 Å². The van der Waals surface area contributed by atoms with Crippen molar-refractivity contribution < 1.29 is 13.2 Å². The standard InChI is InChI=1S/C3H2BrF3/c4-3(7)2(6)1-5/h1H2/b3-2-. The fraction of sp³-hybridized carbons (Fsp3) is 0.333. The molecule has 0 heterocycles. The predicted octanol–water partition coefficient (Wildman–Crippen LogP) is 2.46. The van der Waals surface area contributed by atoms with Crippen molar-refractivity contribution >= 4 is 15.9 Å². The van der Waals surface area contributed by atoms with Crippen molar-refractivity contribution in [2.75, 3.05) is 6.67 Å². The molecule has 0 amide bonds. The van der Waals surface area contributed by atoms with Gasteiger partial charge in [0.15, 0.2) is 10.6 Å². The van der Waals surface area contributed by atoms with Gasteiger partial charge in [0, 0.05) is 0 Å². The van der Waals surface area contributed by atoms with Gasteiger partial charge in [-0.15, -0.1) is 0 Å². The second-order valence-electron chi connectivity index (χ2n) is 0.799. The van der Waals surface area contributed by atoms with Crippen molar-refractivity contribution in [2.45, 2.75) is 0 Å². The van der Waals surface area contributed by atoms with Crippen molar-refractivity contribution in [1.29, 1.82) is 0 Å². The van der Waals surface area contributed by atoms with Crippen molar-refractivity contribution in [2.24, 2.45) is 0 Å². The van der Waals surface area contributed by atoms with Crippen LogP contribution in [-0.4, -0.2) is 6.67 Å². The summed E-state index contributed by atoms with van der Waals surface area (Å²) in [6, 6.07) is 0. The number of halogens is 4. The first-order valence-corrected chi connectivity index (χ1v) is 2.23. The van der Waals surface area contributed by atoms with Crippen LogP contribution in [0.5, 0.6) is 0 Å². The molecule has 0 aromatic rings. The summed E-state index contributed by atoms with van der Waals surface area (Å²) in [7, 11) is 0. The van der Waals surface area contributed by atoms with Crippen LogP contribution in [0.3, 0.4) is 0 Å². The normalized spacial score (nSPS) is 13.7. The fourth-order valence-corrected chi connectivity index (χ4v) is 0.156. The Morgan fingerprint density at radius 3 is 1.86 bits per heavy atom. The van der Waals surface area contributed by atoms with Crippen LogP contribution in [0.1, 0.15) is 0 Å². The quantitative estimate of drug-likeness (QED) is 0.574. The molecular formula is C3H2BrF3. The van der Waals surface area contributed by atoms with Crippen LogP contribution in [0.15, 0.2) is 10.6 Å². The van der Waals surface area contributed by atoms with E-state index in [4.69, 9.17) is 0 Å². The lowest BCUT2D eigenvalue weighted by molar-refractivity contribution is 0.441. The highest BCUT2D eigenvalue weighted by Gasteiger charge is 1.98. The van der Waals surface area contributed by atoms with Crippen LogP contribution in [0.4, 0.5) is 13.2 Å². The monoisotopic (exact) mass is 174 g/mol. The number of allylic oxidation sites excluding steroid dienone is 1. The molecule has 42 valence electrons. The minimum atomic E-state index is -1.40. The lowest BCUT2D eigenvalue weighted by Gasteiger charge is -1.81. The molecule has 7 heavy (non-hydrogen) atoms. The molecule has 4 heteroatoms. The van der Waals surface area contributed by atoms with Crippen LogP contribution in [0, 0.1) is 0 Å². The van der Waals surface area contributed by atoms with E-state index in [1.165, 1.54) is 0 Å². The zero-order valence-electron chi connectivity index (χ0n) is 3.22. The maximum Gasteiger partial charge on any atom is 0.199 e. The van der Waals surface area contributed by atoms with Gasteiger partial charge in [-0.25, -0.2) is 8.78 Å². The van der Waals surface area contributed by atoms with E-state index in [9.17, 15) is 13.2 Å². The predicted molar refractivity (Wildman–Crippen MR) is 24.1 cm³/mol. The Bertz CT molecular complexity index is 84.2. The van der Waals surface area contributed by atoms with Gasteiger partial charge in [0.1, 0.15) is 6.67 Å². The molecule has 0 spiro atoms. The second-order valence-corrected chi connectivity index (χ2v) is 1.50. The molecule has 0 atom stereocenters. The molecule has 0 fully saturated rings. The molecule has 0 aliphatic carbocycles. The molecule has 0 aliphatic heterocycles. The van der Waals surface area contributed by atoms with Crippen LogP contribution in [-0.2, 0) is 0 Å². The largest absolute Gasteiger partial charge is 0.243 e. The third-order valence-corrected chi connectivity index (χ3v) is 0.753. The Morgan fingerprint density at radius 2 is 1.86 bits per heavy atom. The van der Waals surface area contributed by atoms with Gasteiger partial charge in [0.2, 0.25) is 0 Å². The molecule has 0 saturated heterocycles.